The van der Waals surface area contributed by atoms with Crippen LogP contribution in [0.5, 0.6) is 0 Å². The minimum Gasteiger partial charge on any atom is -0.383 e. The van der Waals surface area contributed by atoms with Gasteiger partial charge in [-0.1, -0.05) is 23.7 Å². The molecule has 0 amide bonds. The van der Waals surface area contributed by atoms with Crippen molar-refractivity contribution in [1.82, 2.24) is 9.55 Å². The third kappa shape index (κ3) is 2.23. The van der Waals surface area contributed by atoms with Gasteiger partial charge in [0, 0.05) is 16.1 Å². The van der Waals surface area contributed by atoms with Crippen LogP contribution in [0.1, 0.15) is 26.6 Å². The molecule has 0 saturated heterocycles. The standard InChI is InChI=1S/C14H18ClN3/c1-9-17-12(10-6-5-7-11(15)8-10)13(16)18(9)14(2,3)4/h5-8H,16H2,1-4H3. The number of hydrogen-bond acceptors (Lipinski definition) is 2. The number of anilines is 1. The first kappa shape index (κ1) is 13.0. The van der Waals surface area contributed by atoms with Crippen molar-refractivity contribution >= 4 is 17.4 Å². The Bertz CT molecular complexity index is 579. The molecule has 1 aromatic carbocycles. The molecule has 0 atom stereocenters. The van der Waals surface area contributed by atoms with Crippen LogP contribution in [0.25, 0.3) is 11.3 Å². The Morgan fingerprint density at radius 2 is 1.94 bits per heavy atom. The van der Waals surface area contributed by atoms with Gasteiger partial charge in [0.15, 0.2) is 0 Å². The van der Waals surface area contributed by atoms with E-state index in [1.54, 1.807) is 0 Å². The van der Waals surface area contributed by atoms with Gasteiger partial charge in [0.25, 0.3) is 0 Å². The number of benzene rings is 1. The van der Waals surface area contributed by atoms with E-state index >= 15 is 0 Å². The Morgan fingerprint density at radius 3 is 2.44 bits per heavy atom. The molecule has 2 aromatic rings. The van der Waals surface area contributed by atoms with Gasteiger partial charge in [0.05, 0.1) is 0 Å². The highest BCUT2D eigenvalue weighted by Crippen LogP contribution is 2.31. The van der Waals surface area contributed by atoms with Crippen molar-refractivity contribution in [2.75, 3.05) is 5.73 Å². The molecule has 0 aliphatic heterocycles. The number of aromatic nitrogens is 2. The second-order valence-electron chi connectivity index (χ2n) is 5.41. The molecule has 96 valence electrons. The molecular formula is C14H18ClN3. The van der Waals surface area contributed by atoms with Gasteiger partial charge in [-0.2, -0.15) is 0 Å². The molecule has 0 radical (unpaired) electrons. The molecule has 1 heterocycles. The fraction of sp³-hybridized carbons (Fsp3) is 0.357. The summed E-state index contributed by atoms with van der Waals surface area (Å²) in [6.07, 6.45) is 0. The van der Waals surface area contributed by atoms with Crippen LogP contribution in [0.3, 0.4) is 0 Å². The van der Waals surface area contributed by atoms with Crippen LogP contribution in [0.15, 0.2) is 24.3 Å². The SMILES string of the molecule is Cc1nc(-c2cccc(Cl)c2)c(N)n1C(C)(C)C. The number of nitrogens with two attached hydrogens (primary N) is 1. The van der Waals surface area contributed by atoms with E-state index in [2.05, 4.69) is 25.8 Å². The summed E-state index contributed by atoms with van der Waals surface area (Å²) in [5, 5.41) is 0.690. The lowest BCUT2D eigenvalue weighted by molar-refractivity contribution is 0.393. The zero-order valence-corrected chi connectivity index (χ0v) is 11.9. The van der Waals surface area contributed by atoms with Crippen molar-refractivity contribution in [3.05, 3.63) is 35.1 Å². The summed E-state index contributed by atoms with van der Waals surface area (Å²) in [4.78, 5) is 4.57. The molecule has 0 fully saturated rings. The molecule has 0 saturated carbocycles. The summed E-state index contributed by atoms with van der Waals surface area (Å²) in [5.74, 6) is 1.59. The van der Waals surface area contributed by atoms with E-state index < -0.39 is 0 Å². The van der Waals surface area contributed by atoms with E-state index in [1.807, 2.05) is 35.8 Å². The molecule has 2 rings (SSSR count). The molecular weight excluding hydrogens is 246 g/mol. The molecule has 0 aliphatic carbocycles. The van der Waals surface area contributed by atoms with Gasteiger partial charge in [0.2, 0.25) is 0 Å². The lowest BCUT2D eigenvalue weighted by Gasteiger charge is -2.24. The van der Waals surface area contributed by atoms with Crippen molar-refractivity contribution in [3.63, 3.8) is 0 Å². The Labute approximate surface area is 113 Å². The zero-order valence-electron chi connectivity index (χ0n) is 11.2. The Kier molecular flexibility index (Phi) is 3.11. The summed E-state index contributed by atoms with van der Waals surface area (Å²) >= 11 is 6.01. The van der Waals surface area contributed by atoms with Crippen molar-refractivity contribution in [3.8, 4) is 11.3 Å². The number of hydrogen-bond donors (Lipinski definition) is 1. The Hall–Kier alpha value is -1.48. The van der Waals surface area contributed by atoms with Crippen LogP contribution in [-0.2, 0) is 5.54 Å². The van der Waals surface area contributed by atoms with E-state index in [0.29, 0.717) is 10.8 Å². The molecule has 0 bridgehead atoms. The molecule has 0 aliphatic rings. The Balaban J connectivity index is 2.61. The van der Waals surface area contributed by atoms with Crippen molar-refractivity contribution < 1.29 is 0 Å². The topological polar surface area (TPSA) is 43.8 Å². The van der Waals surface area contributed by atoms with Gasteiger partial charge in [0.1, 0.15) is 17.3 Å². The van der Waals surface area contributed by atoms with Gasteiger partial charge < -0.3 is 10.3 Å². The van der Waals surface area contributed by atoms with Crippen molar-refractivity contribution in [2.45, 2.75) is 33.2 Å². The van der Waals surface area contributed by atoms with Crippen molar-refractivity contribution in [2.24, 2.45) is 0 Å². The number of nitrogen functional groups attached to an aromatic ring is 1. The van der Waals surface area contributed by atoms with Gasteiger partial charge in [-0.15, -0.1) is 0 Å². The van der Waals surface area contributed by atoms with Crippen LogP contribution >= 0.6 is 11.6 Å². The van der Waals surface area contributed by atoms with E-state index in [4.69, 9.17) is 17.3 Å². The van der Waals surface area contributed by atoms with E-state index in [0.717, 1.165) is 17.1 Å². The van der Waals surface area contributed by atoms with E-state index in [1.165, 1.54) is 0 Å². The van der Waals surface area contributed by atoms with Gasteiger partial charge >= 0.3 is 0 Å². The monoisotopic (exact) mass is 263 g/mol. The fourth-order valence-electron chi connectivity index (χ4n) is 2.24. The maximum Gasteiger partial charge on any atom is 0.132 e. The highest BCUT2D eigenvalue weighted by Gasteiger charge is 2.22. The van der Waals surface area contributed by atoms with Crippen LogP contribution in [0.4, 0.5) is 5.82 Å². The van der Waals surface area contributed by atoms with Gasteiger partial charge in [-0.25, -0.2) is 4.98 Å². The number of nitrogens with zero attached hydrogens (tertiary/aromatic N) is 2. The number of aryl methyl sites for hydroxylation is 1. The number of rotatable bonds is 1. The van der Waals surface area contributed by atoms with Crippen molar-refractivity contribution in [1.29, 1.82) is 0 Å². The minimum absolute atomic E-state index is 0.0853. The third-order valence-electron chi connectivity index (χ3n) is 2.85. The highest BCUT2D eigenvalue weighted by molar-refractivity contribution is 6.30. The quantitative estimate of drug-likeness (QED) is 0.849. The molecule has 4 heteroatoms. The minimum atomic E-state index is -0.0853. The predicted octanol–water partition coefficient (Wildman–Crippen LogP) is 3.85. The van der Waals surface area contributed by atoms with Gasteiger partial charge in [-0.05, 0) is 39.8 Å². The predicted molar refractivity (Wildman–Crippen MR) is 76.8 cm³/mol. The Morgan fingerprint density at radius 1 is 1.28 bits per heavy atom. The van der Waals surface area contributed by atoms with Crippen LogP contribution < -0.4 is 5.73 Å². The first-order valence-corrected chi connectivity index (χ1v) is 6.30. The summed E-state index contributed by atoms with van der Waals surface area (Å²) < 4.78 is 2.04. The maximum atomic E-state index is 6.23. The zero-order chi connectivity index (χ0) is 13.5. The maximum absolute atomic E-state index is 6.23. The largest absolute Gasteiger partial charge is 0.383 e. The molecule has 3 nitrogen and oxygen atoms in total. The third-order valence-corrected chi connectivity index (χ3v) is 3.08. The first-order valence-electron chi connectivity index (χ1n) is 5.92. The van der Waals surface area contributed by atoms with Crippen LogP contribution in [0.2, 0.25) is 5.02 Å². The lowest BCUT2D eigenvalue weighted by Crippen LogP contribution is -2.24. The highest BCUT2D eigenvalue weighted by atomic mass is 35.5. The number of halogens is 1. The number of imidazole rings is 1. The smallest absolute Gasteiger partial charge is 0.132 e. The molecule has 0 spiro atoms. The van der Waals surface area contributed by atoms with Crippen LogP contribution in [0, 0.1) is 6.92 Å². The summed E-state index contributed by atoms with van der Waals surface area (Å²) in [6, 6.07) is 7.60. The first-order chi connectivity index (χ1) is 8.30. The average molecular weight is 264 g/mol. The second-order valence-corrected chi connectivity index (χ2v) is 5.85. The molecule has 0 unspecified atom stereocenters. The summed E-state index contributed by atoms with van der Waals surface area (Å²) in [7, 11) is 0. The van der Waals surface area contributed by atoms with Gasteiger partial charge in [-0.3, -0.25) is 0 Å². The lowest BCUT2D eigenvalue weighted by atomic mass is 10.1. The molecule has 1 aromatic heterocycles. The molecule has 18 heavy (non-hydrogen) atoms. The summed E-state index contributed by atoms with van der Waals surface area (Å²) in [5.41, 5.74) is 7.89. The molecule has 2 N–H and O–H groups in total. The second kappa shape index (κ2) is 4.32. The van der Waals surface area contributed by atoms with Crippen LogP contribution in [-0.4, -0.2) is 9.55 Å². The summed E-state index contributed by atoms with van der Waals surface area (Å²) in [6.45, 7) is 8.30. The van der Waals surface area contributed by atoms with E-state index in [9.17, 15) is 0 Å². The van der Waals surface area contributed by atoms with E-state index in [-0.39, 0.29) is 5.54 Å². The fourth-order valence-corrected chi connectivity index (χ4v) is 2.43. The normalized spacial score (nSPS) is 11.8. The average Bonchev–Trinajstić information content (AvgIpc) is 2.53.